The number of hydrogen-bond acceptors (Lipinski definition) is 4. The van der Waals surface area contributed by atoms with Crippen molar-refractivity contribution in [1.29, 1.82) is 0 Å². The topological polar surface area (TPSA) is 76.4 Å². The van der Waals surface area contributed by atoms with Gasteiger partial charge in [0.25, 0.3) is 0 Å². The summed E-state index contributed by atoms with van der Waals surface area (Å²) in [5.74, 6) is -0.0421. The summed E-state index contributed by atoms with van der Waals surface area (Å²) in [7, 11) is 1.57. The molecule has 0 aliphatic carbocycles. The van der Waals surface area contributed by atoms with Crippen molar-refractivity contribution in [3.8, 4) is 0 Å². The second-order valence-electron chi connectivity index (χ2n) is 6.23. The molecule has 2 unspecified atom stereocenters. The number of amides is 1. The number of halogens is 2. The van der Waals surface area contributed by atoms with Crippen LogP contribution in [0.25, 0.3) is 0 Å². The summed E-state index contributed by atoms with van der Waals surface area (Å²) in [6, 6.07) is 10.5. The molecular formula is C17H31Cl2N3O2. The van der Waals surface area contributed by atoms with E-state index in [9.17, 15) is 4.79 Å². The lowest BCUT2D eigenvalue weighted by Crippen LogP contribution is -2.50. The second-order valence-corrected chi connectivity index (χ2v) is 6.23. The highest BCUT2D eigenvalue weighted by atomic mass is 35.5. The SMILES string of the molecule is COC(CN)CC(=O)NCC(C)(C)NC(C)c1ccccc1.Cl.Cl. The molecule has 0 radical (unpaired) electrons. The van der Waals surface area contributed by atoms with Crippen molar-refractivity contribution in [3.05, 3.63) is 35.9 Å². The number of ether oxygens (including phenoxy) is 1. The molecule has 0 fully saturated rings. The van der Waals surface area contributed by atoms with Gasteiger partial charge in [-0.15, -0.1) is 24.8 Å². The third-order valence-corrected chi connectivity index (χ3v) is 3.64. The molecule has 0 aliphatic heterocycles. The van der Waals surface area contributed by atoms with Crippen molar-refractivity contribution in [2.45, 2.75) is 44.9 Å². The van der Waals surface area contributed by atoms with Gasteiger partial charge in [0.15, 0.2) is 0 Å². The van der Waals surface area contributed by atoms with E-state index < -0.39 is 0 Å². The number of benzene rings is 1. The number of carbonyl (C=O) groups is 1. The van der Waals surface area contributed by atoms with Crippen LogP contribution >= 0.6 is 24.8 Å². The van der Waals surface area contributed by atoms with E-state index >= 15 is 0 Å². The maximum atomic E-state index is 11.9. The summed E-state index contributed by atoms with van der Waals surface area (Å²) in [4.78, 5) is 11.9. The first-order valence-electron chi connectivity index (χ1n) is 7.70. The van der Waals surface area contributed by atoms with Crippen LogP contribution in [-0.2, 0) is 9.53 Å². The molecule has 0 aromatic heterocycles. The Balaban J connectivity index is 0. The largest absolute Gasteiger partial charge is 0.380 e. The van der Waals surface area contributed by atoms with Gasteiger partial charge in [0.2, 0.25) is 5.91 Å². The summed E-state index contributed by atoms with van der Waals surface area (Å²) in [5, 5.41) is 6.48. The molecule has 2 atom stereocenters. The highest BCUT2D eigenvalue weighted by molar-refractivity contribution is 5.85. The zero-order valence-electron chi connectivity index (χ0n) is 14.9. The smallest absolute Gasteiger partial charge is 0.222 e. The molecule has 0 saturated heterocycles. The van der Waals surface area contributed by atoms with Crippen molar-refractivity contribution in [1.82, 2.24) is 10.6 Å². The van der Waals surface area contributed by atoms with E-state index in [0.29, 0.717) is 13.1 Å². The lowest BCUT2D eigenvalue weighted by Gasteiger charge is -2.31. The number of nitrogens with two attached hydrogens (primary N) is 1. The zero-order chi connectivity index (χ0) is 16.6. The van der Waals surface area contributed by atoms with Crippen molar-refractivity contribution in [2.24, 2.45) is 5.73 Å². The monoisotopic (exact) mass is 379 g/mol. The maximum absolute atomic E-state index is 11.9. The van der Waals surface area contributed by atoms with E-state index in [2.05, 4.69) is 43.5 Å². The number of carbonyl (C=O) groups excluding carboxylic acids is 1. The molecule has 0 saturated carbocycles. The number of hydrogen-bond donors (Lipinski definition) is 3. The zero-order valence-corrected chi connectivity index (χ0v) is 16.5. The molecule has 5 nitrogen and oxygen atoms in total. The summed E-state index contributed by atoms with van der Waals surface area (Å²) < 4.78 is 5.12. The van der Waals surface area contributed by atoms with Gasteiger partial charge < -0.3 is 21.1 Å². The third kappa shape index (κ3) is 9.45. The molecule has 1 rings (SSSR count). The molecule has 24 heavy (non-hydrogen) atoms. The summed E-state index contributed by atoms with van der Waals surface area (Å²) in [5.41, 5.74) is 6.54. The molecule has 1 aromatic carbocycles. The molecule has 0 bridgehead atoms. The van der Waals surface area contributed by atoms with Gasteiger partial charge in [0.1, 0.15) is 0 Å². The standard InChI is InChI=1S/C17H29N3O2.2ClH/c1-13(14-8-6-5-7-9-14)20-17(2,3)12-19-16(21)10-15(11-18)22-4;;/h5-9,13,15,20H,10-12,18H2,1-4H3,(H,19,21);2*1H. The Morgan fingerprint density at radius 1 is 1.25 bits per heavy atom. The van der Waals surface area contributed by atoms with E-state index in [0.717, 1.165) is 0 Å². The fourth-order valence-electron chi connectivity index (χ4n) is 2.32. The lowest BCUT2D eigenvalue weighted by molar-refractivity contribution is -0.123. The molecule has 0 spiro atoms. The highest BCUT2D eigenvalue weighted by Crippen LogP contribution is 2.15. The summed E-state index contributed by atoms with van der Waals surface area (Å²) >= 11 is 0. The van der Waals surface area contributed by atoms with Crippen LogP contribution in [0.15, 0.2) is 30.3 Å². The van der Waals surface area contributed by atoms with Gasteiger partial charge in [-0.1, -0.05) is 30.3 Å². The Labute approximate surface area is 157 Å². The Bertz CT molecular complexity index is 454. The van der Waals surface area contributed by atoms with Crippen LogP contribution < -0.4 is 16.4 Å². The molecule has 0 heterocycles. The van der Waals surface area contributed by atoms with Crippen molar-refractivity contribution >= 4 is 30.7 Å². The molecule has 7 heteroatoms. The molecule has 1 aromatic rings. The first-order valence-corrected chi connectivity index (χ1v) is 7.70. The first-order chi connectivity index (χ1) is 10.4. The van der Waals surface area contributed by atoms with E-state index in [1.165, 1.54) is 5.56 Å². The van der Waals surface area contributed by atoms with Crippen LogP contribution in [0.5, 0.6) is 0 Å². The second kappa shape index (κ2) is 12.5. The lowest BCUT2D eigenvalue weighted by atomic mass is 10.0. The Hall–Kier alpha value is -0.850. The average molecular weight is 380 g/mol. The molecule has 0 aliphatic rings. The molecular weight excluding hydrogens is 349 g/mol. The number of nitrogens with one attached hydrogen (secondary N) is 2. The van der Waals surface area contributed by atoms with E-state index in [1.807, 2.05) is 18.2 Å². The highest BCUT2D eigenvalue weighted by Gasteiger charge is 2.22. The van der Waals surface area contributed by atoms with Gasteiger partial charge >= 0.3 is 0 Å². The number of methoxy groups -OCH3 is 1. The van der Waals surface area contributed by atoms with Crippen molar-refractivity contribution < 1.29 is 9.53 Å². The van der Waals surface area contributed by atoms with E-state index in [-0.39, 0.29) is 54.8 Å². The normalized spacial score (nSPS) is 13.2. The first kappa shape index (κ1) is 25.4. The predicted octanol–water partition coefficient (Wildman–Crippen LogP) is 2.44. The minimum Gasteiger partial charge on any atom is -0.380 e. The van der Waals surface area contributed by atoms with Gasteiger partial charge in [0.05, 0.1) is 12.5 Å². The van der Waals surface area contributed by atoms with Crippen LogP contribution in [0.1, 0.15) is 38.8 Å². The van der Waals surface area contributed by atoms with Crippen LogP contribution in [-0.4, -0.2) is 37.7 Å². The Morgan fingerprint density at radius 3 is 2.33 bits per heavy atom. The quantitative estimate of drug-likeness (QED) is 0.615. The van der Waals surface area contributed by atoms with Gasteiger partial charge in [-0.05, 0) is 26.3 Å². The summed E-state index contributed by atoms with van der Waals surface area (Å²) in [6.45, 7) is 7.15. The molecule has 1 amide bonds. The summed E-state index contributed by atoms with van der Waals surface area (Å²) in [6.07, 6.45) is 0.0661. The van der Waals surface area contributed by atoms with Crippen molar-refractivity contribution in [2.75, 3.05) is 20.2 Å². The van der Waals surface area contributed by atoms with Gasteiger partial charge in [-0.3, -0.25) is 4.79 Å². The van der Waals surface area contributed by atoms with E-state index in [1.54, 1.807) is 7.11 Å². The number of rotatable bonds is 9. The third-order valence-electron chi connectivity index (χ3n) is 3.64. The fraction of sp³-hybridized carbons (Fsp3) is 0.588. The molecule has 140 valence electrons. The Morgan fingerprint density at radius 2 is 1.83 bits per heavy atom. The average Bonchev–Trinajstić information content (AvgIpc) is 2.51. The van der Waals surface area contributed by atoms with Crippen LogP contribution in [0.4, 0.5) is 0 Å². The van der Waals surface area contributed by atoms with Crippen LogP contribution in [0, 0.1) is 0 Å². The van der Waals surface area contributed by atoms with Gasteiger partial charge in [0, 0.05) is 31.8 Å². The van der Waals surface area contributed by atoms with Crippen molar-refractivity contribution in [3.63, 3.8) is 0 Å². The van der Waals surface area contributed by atoms with E-state index in [4.69, 9.17) is 10.5 Å². The van der Waals surface area contributed by atoms with Crippen LogP contribution in [0.3, 0.4) is 0 Å². The van der Waals surface area contributed by atoms with Gasteiger partial charge in [-0.25, -0.2) is 0 Å². The van der Waals surface area contributed by atoms with Gasteiger partial charge in [-0.2, -0.15) is 0 Å². The predicted molar refractivity (Wildman–Crippen MR) is 104 cm³/mol. The Kier molecular flexibility index (Phi) is 13.2. The minimum absolute atomic E-state index is 0. The fourth-order valence-corrected chi connectivity index (χ4v) is 2.32. The van der Waals surface area contributed by atoms with Crippen LogP contribution in [0.2, 0.25) is 0 Å². The molecule has 4 N–H and O–H groups in total. The minimum atomic E-state index is -0.223. The maximum Gasteiger partial charge on any atom is 0.222 e.